The van der Waals surface area contributed by atoms with E-state index in [1.54, 1.807) is 13.3 Å². The van der Waals surface area contributed by atoms with Gasteiger partial charge >= 0.3 is 0 Å². The Morgan fingerprint density at radius 1 is 1.05 bits per heavy atom. The molecule has 37 heavy (non-hydrogen) atoms. The molecule has 188 valence electrons. The summed E-state index contributed by atoms with van der Waals surface area (Å²) < 4.78 is 7.77. The number of carbonyl (C=O) groups is 1. The molecule has 0 unspecified atom stereocenters. The van der Waals surface area contributed by atoms with Gasteiger partial charge in [0.05, 0.1) is 30.6 Å². The molecular formula is C29H29N5O2S. The van der Waals surface area contributed by atoms with Crippen molar-refractivity contribution >= 4 is 28.9 Å². The molecule has 0 aliphatic carbocycles. The summed E-state index contributed by atoms with van der Waals surface area (Å²) in [4.78, 5) is 19.6. The van der Waals surface area contributed by atoms with Crippen molar-refractivity contribution < 1.29 is 9.53 Å². The Bertz CT molecular complexity index is 1400. The minimum Gasteiger partial charge on any atom is -0.495 e. The Labute approximate surface area is 222 Å². The number of pyridine rings is 1. The summed E-state index contributed by atoms with van der Waals surface area (Å²) in [5.41, 5.74) is 4.68. The molecule has 0 saturated carbocycles. The van der Waals surface area contributed by atoms with E-state index < -0.39 is 0 Å². The molecule has 5 rings (SSSR count). The first-order valence-electron chi connectivity index (χ1n) is 12.2. The summed E-state index contributed by atoms with van der Waals surface area (Å²) in [5, 5.41) is 7.09. The van der Waals surface area contributed by atoms with Crippen molar-refractivity contribution in [3.63, 3.8) is 0 Å². The van der Waals surface area contributed by atoms with E-state index >= 15 is 0 Å². The number of ether oxygens (including phenoxy) is 1. The number of hydrogen-bond acceptors (Lipinski definition) is 4. The topological polar surface area (TPSA) is 71.4 Å². The normalized spacial score (nSPS) is 16.9. The van der Waals surface area contributed by atoms with Crippen LogP contribution in [0.4, 0.5) is 5.69 Å². The number of thiocarbonyl (C=S) groups is 1. The van der Waals surface area contributed by atoms with Crippen molar-refractivity contribution in [2.24, 2.45) is 0 Å². The molecule has 8 heteroatoms. The maximum absolute atomic E-state index is 12.9. The molecule has 0 radical (unpaired) electrons. The molecule has 0 bridgehead atoms. The Morgan fingerprint density at radius 3 is 2.62 bits per heavy atom. The summed E-state index contributed by atoms with van der Waals surface area (Å²) >= 11 is 5.80. The van der Waals surface area contributed by atoms with Gasteiger partial charge < -0.3 is 24.8 Å². The van der Waals surface area contributed by atoms with Gasteiger partial charge in [0.15, 0.2) is 5.11 Å². The number of carbonyl (C=O) groups excluding carboxylic acids is 1. The fraction of sp³-hybridized carbons (Fsp3) is 0.207. The highest BCUT2D eigenvalue weighted by molar-refractivity contribution is 7.80. The van der Waals surface area contributed by atoms with Gasteiger partial charge in [0.25, 0.3) is 0 Å². The van der Waals surface area contributed by atoms with Crippen LogP contribution in [0.3, 0.4) is 0 Å². The Kier molecular flexibility index (Phi) is 7.18. The van der Waals surface area contributed by atoms with Crippen LogP contribution in [0.5, 0.6) is 5.75 Å². The summed E-state index contributed by atoms with van der Waals surface area (Å²) in [5.74, 6) is 0.712. The van der Waals surface area contributed by atoms with Gasteiger partial charge in [-0.25, -0.2) is 0 Å². The Hall–Kier alpha value is -4.17. The van der Waals surface area contributed by atoms with Crippen LogP contribution in [0.2, 0.25) is 0 Å². The third kappa shape index (κ3) is 5.06. The van der Waals surface area contributed by atoms with E-state index in [2.05, 4.69) is 31.2 Å². The third-order valence-electron chi connectivity index (χ3n) is 6.62. The van der Waals surface area contributed by atoms with Gasteiger partial charge in [-0.15, -0.1) is 0 Å². The molecule has 1 aliphatic rings. The van der Waals surface area contributed by atoms with Gasteiger partial charge in [-0.3, -0.25) is 9.78 Å². The zero-order valence-corrected chi connectivity index (χ0v) is 21.6. The number of methoxy groups -OCH3 is 1. The van der Waals surface area contributed by atoms with E-state index in [-0.39, 0.29) is 24.4 Å². The molecule has 3 heterocycles. The number of nitrogens with zero attached hydrogens (tertiary/aromatic N) is 3. The predicted molar refractivity (Wildman–Crippen MR) is 149 cm³/mol. The molecule has 2 aromatic heterocycles. The van der Waals surface area contributed by atoms with Crippen LogP contribution >= 0.6 is 12.2 Å². The van der Waals surface area contributed by atoms with Crippen molar-refractivity contribution in [3.05, 3.63) is 108 Å². The van der Waals surface area contributed by atoms with Gasteiger partial charge in [0.1, 0.15) is 5.75 Å². The third-order valence-corrected chi connectivity index (χ3v) is 6.98. The maximum atomic E-state index is 12.9. The minimum atomic E-state index is -0.187. The highest BCUT2D eigenvalue weighted by atomic mass is 32.1. The van der Waals surface area contributed by atoms with Crippen LogP contribution in [-0.4, -0.2) is 39.1 Å². The summed E-state index contributed by atoms with van der Waals surface area (Å²) in [6.45, 7) is 2.43. The SMILES string of the molecule is COc1ccccc1-n1cccc1[C@H]1[C@@H](c2ccccn2)NC(=S)N1CCC(=O)Nc1ccccc1C. The molecule has 2 N–H and O–H groups in total. The van der Waals surface area contributed by atoms with E-state index in [1.165, 1.54) is 0 Å². The molecule has 7 nitrogen and oxygen atoms in total. The van der Waals surface area contributed by atoms with E-state index in [4.69, 9.17) is 17.0 Å². The fourth-order valence-electron chi connectivity index (χ4n) is 4.80. The minimum absolute atomic E-state index is 0.0581. The average molecular weight is 512 g/mol. The number of para-hydroxylation sites is 3. The number of rotatable bonds is 8. The number of aromatic nitrogens is 2. The average Bonchev–Trinajstić information content (AvgIpc) is 3.53. The van der Waals surface area contributed by atoms with Crippen LogP contribution in [0.15, 0.2) is 91.3 Å². The van der Waals surface area contributed by atoms with Gasteiger partial charge in [0.2, 0.25) is 5.91 Å². The number of aryl methyl sites for hydroxylation is 1. The van der Waals surface area contributed by atoms with E-state index in [0.29, 0.717) is 11.7 Å². The summed E-state index contributed by atoms with van der Waals surface area (Å²) in [6, 6.07) is 25.3. The zero-order chi connectivity index (χ0) is 25.8. The predicted octanol–water partition coefficient (Wildman–Crippen LogP) is 5.19. The lowest BCUT2D eigenvalue weighted by Gasteiger charge is -2.29. The number of hydrogen-bond donors (Lipinski definition) is 2. The van der Waals surface area contributed by atoms with Crippen molar-refractivity contribution in [3.8, 4) is 11.4 Å². The summed E-state index contributed by atoms with van der Waals surface area (Å²) in [6.07, 6.45) is 4.10. The second-order valence-corrected chi connectivity index (χ2v) is 9.29. The number of anilines is 1. The monoisotopic (exact) mass is 511 g/mol. The van der Waals surface area contributed by atoms with E-state index in [1.807, 2.05) is 85.9 Å². The van der Waals surface area contributed by atoms with Gasteiger partial charge in [-0.2, -0.15) is 0 Å². The van der Waals surface area contributed by atoms with Crippen LogP contribution in [0, 0.1) is 6.92 Å². The van der Waals surface area contributed by atoms with Crippen LogP contribution < -0.4 is 15.4 Å². The van der Waals surface area contributed by atoms with Crippen molar-refractivity contribution in [1.29, 1.82) is 0 Å². The van der Waals surface area contributed by atoms with E-state index in [9.17, 15) is 4.79 Å². The fourth-order valence-corrected chi connectivity index (χ4v) is 5.13. The maximum Gasteiger partial charge on any atom is 0.226 e. The van der Waals surface area contributed by atoms with E-state index in [0.717, 1.165) is 34.1 Å². The van der Waals surface area contributed by atoms with Gasteiger partial charge in [-0.1, -0.05) is 36.4 Å². The standard InChI is InChI=1S/C29H29N5O2S/c1-20-10-3-4-11-21(20)31-26(35)16-19-34-28(27(32-29(34)37)22-12-7-8-17-30-22)24-14-9-18-33(24)23-13-5-6-15-25(23)36-2/h3-15,17-18,27-28H,16,19H2,1-2H3,(H,31,35)(H,32,37)/t27-,28+/m1/s1. The Morgan fingerprint density at radius 2 is 1.84 bits per heavy atom. The molecule has 1 aliphatic heterocycles. The molecule has 1 fully saturated rings. The second kappa shape index (κ2) is 10.8. The molecule has 2 aromatic carbocycles. The highest BCUT2D eigenvalue weighted by Crippen LogP contribution is 2.40. The first-order chi connectivity index (χ1) is 18.1. The lowest BCUT2D eigenvalue weighted by Crippen LogP contribution is -2.33. The molecule has 0 spiro atoms. The zero-order valence-electron chi connectivity index (χ0n) is 20.8. The van der Waals surface area contributed by atoms with Crippen LogP contribution in [-0.2, 0) is 4.79 Å². The highest BCUT2D eigenvalue weighted by Gasteiger charge is 2.41. The van der Waals surface area contributed by atoms with Crippen molar-refractivity contribution in [1.82, 2.24) is 19.8 Å². The van der Waals surface area contributed by atoms with Gasteiger partial charge in [-0.05, 0) is 67.2 Å². The summed E-state index contributed by atoms with van der Waals surface area (Å²) in [7, 11) is 1.67. The largest absolute Gasteiger partial charge is 0.495 e. The Balaban J connectivity index is 1.47. The first kappa shape index (κ1) is 24.5. The van der Waals surface area contributed by atoms with Crippen LogP contribution in [0.1, 0.15) is 35.5 Å². The lowest BCUT2D eigenvalue weighted by atomic mass is 10.0. The lowest BCUT2D eigenvalue weighted by molar-refractivity contribution is -0.116. The quantitative estimate of drug-likeness (QED) is 0.317. The number of nitrogens with one attached hydrogen (secondary N) is 2. The van der Waals surface area contributed by atoms with Crippen molar-refractivity contribution in [2.45, 2.75) is 25.4 Å². The smallest absolute Gasteiger partial charge is 0.226 e. The van der Waals surface area contributed by atoms with Crippen molar-refractivity contribution in [2.75, 3.05) is 19.0 Å². The van der Waals surface area contributed by atoms with Gasteiger partial charge in [0, 0.05) is 36.7 Å². The first-order valence-corrected chi connectivity index (χ1v) is 12.6. The van der Waals surface area contributed by atoms with Crippen LogP contribution in [0.25, 0.3) is 5.69 Å². The molecule has 2 atom stereocenters. The molecule has 4 aromatic rings. The molecule has 1 amide bonds. The number of benzene rings is 2. The number of amides is 1. The molecule has 1 saturated heterocycles. The molecular weight excluding hydrogens is 482 g/mol. The second-order valence-electron chi connectivity index (χ2n) is 8.91.